The molecule has 2 amide bonds. The predicted octanol–water partition coefficient (Wildman–Crippen LogP) is 3.98. The third-order valence-electron chi connectivity index (χ3n) is 3.29. The van der Waals surface area contributed by atoms with E-state index in [1.54, 1.807) is 0 Å². The lowest BCUT2D eigenvalue weighted by Gasteiger charge is -2.18. The highest BCUT2D eigenvalue weighted by atomic mass is 35.5. The lowest BCUT2D eigenvalue weighted by Crippen LogP contribution is -2.37. The van der Waals surface area contributed by atoms with E-state index in [2.05, 4.69) is 24.5 Å². The molecule has 21 heavy (non-hydrogen) atoms. The average molecular weight is 313 g/mol. The molecule has 5 nitrogen and oxygen atoms in total. The number of rotatable bonds is 6. The van der Waals surface area contributed by atoms with E-state index in [1.807, 2.05) is 6.92 Å². The highest BCUT2D eigenvalue weighted by Crippen LogP contribution is 2.21. The molecule has 1 rings (SSSR count). The first-order valence-corrected chi connectivity index (χ1v) is 7.31. The van der Waals surface area contributed by atoms with E-state index < -0.39 is 12.0 Å². The fraction of sp³-hybridized carbons (Fsp3) is 0.467. The highest BCUT2D eigenvalue weighted by Gasteiger charge is 2.15. The SMILES string of the molecule is CCC(C)CC(C)NC(=O)Nc1cc(Cl)ccc1C(=O)O. The summed E-state index contributed by atoms with van der Waals surface area (Å²) in [6.45, 7) is 6.14. The molecule has 2 atom stereocenters. The Morgan fingerprint density at radius 2 is 2.00 bits per heavy atom. The van der Waals surface area contributed by atoms with Crippen LogP contribution < -0.4 is 10.6 Å². The average Bonchev–Trinajstić information content (AvgIpc) is 2.37. The van der Waals surface area contributed by atoms with E-state index in [0.717, 1.165) is 12.8 Å². The third-order valence-corrected chi connectivity index (χ3v) is 3.53. The zero-order valence-electron chi connectivity index (χ0n) is 12.4. The van der Waals surface area contributed by atoms with Crippen LogP contribution in [0.4, 0.5) is 10.5 Å². The molecule has 0 aromatic heterocycles. The van der Waals surface area contributed by atoms with Gasteiger partial charge in [-0.05, 0) is 37.5 Å². The zero-order valence-corrected chi connectivity index (χ0v) is 13.2. The number of amides is 2. The second-order valence-corrected chi connectivity index (χ2v) is 5.68. The Bertz CT molecular complexity index is 520. The van der Waals surface area contributed by atoms with Gasteiger partial charge >= 0.3 is 12.0 Å². The van der Waals surface area contributed by atoms with Crippen LogP contribution in [0.2, 0.25) is 5.02 Å². The molecule has 0 bridgehead atoms. The van der Waals surface area contributed by atoms with Crippen LogP contribution in [-0.2, 0) is 0 Å². The van der Waals surface area contributed by atoms with Gasteiger partial charge in [0.25, 0.3) is 0 Å². The standard InChI is InChI=1S/C15H21ClN2O3/c1-4-9(2)7-10(3)17-15(21)18-13-8-11(16)5-6-12(13)14(19)20/h5-6,8-10H,4,7H2,1-3H3,(H,19,20)(H2,17,18,21). The molecule has 3 N–H and O–H groups in total. The Morgan fingerprint density at radius 1 is 1.33 bits per heavy atom. The molecule has 0 spiro atoms. The third kappa shape index (κ3) is 5.63. The lowest BCUT2D eigenvalue weighted by molar-refractivity contribution is 0.0698. The molecule has 0 heterocycles. The Kier molecular flexibility index (Phi) is 6.49. The first-order chi connectivity index (χ1) is 9.83. The summed E-state index contributed by atoms with van der Waals surface area (Å²) >= 11 is 5.83. The quantitative estimate of drug-likeness (QED) is 0.743. The van der Waals surface area contributed by atoms with Gasteiger partial charge in [-0.3, -0.25) is 0 Å². The molecular weight excluding hydrogens is 292 g/mol. The predicted molar refractivity (Wildman–Crippen MR) is 84.1 cm³/mol. The second kappa shape index (κ2) is 7.88. The van der Waals surface area contributed by atoms with Crippen LogP contribution in [0.3, 0.4) is 0 Å². The monoisotopic (exact) mass is 312 g/mol. The van der Waals surface area contributed by atoms with Gasteiger partial charge in [0.1, 0.15) is 0 Å². The maximum Gasteiger partial charge on any atom is 0.337 e. The van der Waals surface area contributed by atoms with E-state index in [9.17, 15) is 9.59 Å². The number of carbonyl (C=O) groups is 2. The first kappa shape index (κ1) is 17.3. The van der Waals surface area contributed by atoms with E-state index in [-0.39, 0.29) is 17.3 Å². The molecule has 0 aliphatic heterocycles. The van der Waals surface area contributed by atoms with Crippen molar-refractivity contribution >= 4 is 29.3 Å². The van der Waals surface area contributed by atoms with Crippen molar-refractivity contribution in [3.8, 4) is 0 Å². The summed E-state index contributed by atoms with van der Waals surface area (Å²) in [6.07, 6.45) is 1.91. The van der Waals surface area contributed by atoms with E-state index in [0.29, 0.717) is 10.9 Å². The van der Waals surface area contributed by atoms with Gasteiger partial charge in [0, 0.05) is 11.1 Å². The van der Waals surface area contributed by atoms with Gasteiger partial charge < -0.3 is 15.7 Å². The van der Waals surface area contributed by atoms with Crippen molar-refractivity contribution in [3.05, 3.63) is 28.8 Å². The summed E-state index contributed by atoms with van der Waals surface area (Å²) < 4.78 is 0. The van der Waals surface area contributed by atoms with Crippen LogP contribution in [0.5, 0.6) is 0 Å². The fourth-order valence-electron chi connectivity index (χ4n) is 2.02. The lowest BCUT2D eigenvalue weighted by atomic mass is 10.0. The molecule has 116 valence electrons. The topological polar surface area (TPSA) is 78.4 Å². The number of hydrogen-bond donors (Lipinski definition) is 3. The summed E-state index contributed by atoms with van der Waals surface area (Å²) in [4.78, 5) is 23.0. The summed E-state index contributed by atoms with van der Waals surface area (Å²) in [5.74, 6) is -0.601. The summed E-state index contributed by atoms with van der Waals surface area (Å²) in [6, 6.07) is 3.83. The zero-order chi connectivity index (χ0) is 16.0. The maximum absolute atomic E-state index is 11.9. The van der Waals surface area contributed by atoms with Crippen LogP contribution in [0, 0.1) is 5.92 Å². The minimum atomic E-state index is -1.12. The van der Waals surface area contributed by atoms with Crippen molar-refractivity contribution in [3.63, 3.8) is 0 Å². The van der Waals surface area contributed by atoms with Crippen molar-refractivity contribution < 1.29 is 14.7 Å². The molecule has 6 heteroatoms. The number of anilines is 1. The smallest absolute Gasteiger partial charge is 0.337 e. The largest absolute Gasteiger partial charge is 0.478 e. The van der Waals surface area contributed by atoms with Gasteiger partial charge in [-0.1, -0.05) is 31.9 Å². The van der Waals surface area contributed by atoms with Gasteiger partial charge in [0.15, 0.2) is 0 Å². The maximum atomic E-state index is 11.9. The number of benzene rings is 1. The minimum Gasteiger partial charge on any atom is -0.478 e. The Morgan fingerprint density at radius 3 is 2.57 bits per heavy atom. The number of nitrogens with one attached hydrogen (secondary N) is 2. The van der Waals surface area contributed by atoms with Crippen molar-refractivity contribution in [2.24, 2.45) is 5.92 Å². The normalized spacial score (nSPS) is 13.3. The second-order valence-electron chi connectivity index (χ2n) is 5.24. The molecule has 0 saturated heterocycles. The van der Waals surface area contributed by atoms with Crippen LogP contribution in [0.1, 0.15) is 44.0 Å². The molecule has 0 aliphatic carbocycles. The molecule has 1 aromatic rings. The fourth-order valence-corrected chi connectivity index (χ4v) is 2.19. The molecule has 0 aliphatic rings. The number of halogens is 1. The number of carboxylic acid groups (broad SMARTS) is 1. The van der Waals surface area contributed by atoms with Gasteiger partial charge in [-0.25, -0.2) is 9.59 Å². The number of carboxylic acids is 1. The van der Waals surface area contributed by atoms with Gasteiger partial charge in [-0.2, -0.15) is 0 Å². The summed E-state index contributed by atoms with van der Waals surface area (Å²) in [5, 5.41) is 14.8. The number of urea groups is 1. The molecule has 0 fully saturated rings. The molecular formula is C15H21ClN2O3. The van der Waals surface area contributed by atoms with Gasteiger partial charge in [0.2, 0.25) is 0 Å². The Balaban J connectivity index is 2.70. The summed E-state index contributed by atoms with van der Waals surface area (Å²) in [7, 11) is 0. The molecule has 2 unspecified atom stereocenters. The number of carbonyl (C=O) groups excluding carboxylic acids is 1. The van der Waals surface area contributed by atoms with Gasteiger partial charge in [-0.15, -0.1) is 0 Å². The van der Waals surface area contributed by atoms with Crippen molar-refractivity contribution in [1.29, 1.82) is 0 Å². The summed E-state index contributed by atoms with van der Waals surface area (Å²) in [5.41, 5.74) is 0.187. The van der Waals surface area contributed by atoms with E-state index >= 15 is 0 Å². The minimum absolute atomic E-state index is 0.00382. The van der Waals surface area contributed by atoms with Gasteiger partial charge in [0.05, 0.1) is 11.3 Å². The van der Waals surface area contributed by atoms with E-state index in [4.69, 9.17) is 16.7 Å². The molecule has 0 radical (unpaired) electrons. The Hall–Kier alpha value is -1.75. The number of aromatic carboxylic acids is 1. The van der Waals surface area contributed by atoms with Crippen molar-refractivity contribution in [2.45, 2.75) is 39.7 Å². The first-order valence-electron chi connectivity index (χ1n) is 6.93. The van der Waals surface area contributed by atoms with Crippen LogP contribution >= 0.6 is 11.6 Å². The van der Waals surface area contributed by atoms with Crippen LogP contribution in [0.15, 0.2) is 18.2 Å². The van der Waals surface area contributed by atoms with Crippen LogP contribution in [-0.4, -0.2) is 23.1 Å². The van der Waals surface area contributed by atoms with Crippen molar-refractivity contribution in [2.75, 3.05) is 5.32 Å². The van der Waals surface area contributed by atoms with Crippen LogP contribution in [0.25, 0.3) is 0 Å². The highest BCUT2D eigenvalue weighted by molar-refractivity contribution is 6.31. The number of hydrogen-bond acceptors (Lipinski definition) is 2. The Labute approximate surface area is 129 Å². The van der Waals surface area contributed by atoms with Crippen molar-refractivity contribution in [1.82, 2.24) is 5.32 Å². The molecule has 0 saturated carbocycles. The molecule has 1 aromatic carbocycles. The van der Waals surface area contributed by atoms with E-state index in [1.165, 1.54) is 18.2 Å².